The summed E-state index contributed by atoms with van der Waals surface area (Å²) in [6, 6.07) is 11.8. The van der Waals surface area contributed by atoms with Gasteiger partial charge in [0.05, 0.1) is 25.0 Å². The maximum atomic E-state index is 5.45. The number of nitrogens with zero attached hydrogens (tertiary/aromatic N) is 3. The first-order valence-electron chi connectivity index (χ1n) is 8.25. The van der Waals surface area contributed by atoms with Gasteiger partial charge in [-0.15, -0.1) is 0 Å². The number of hydrogen-bond acceptors (Lipinski definition) is 6. The second-order valence-corrected chi connectivity index (χ2v) is 5.77. The summed E-state index contributed by atoms with van der Waals surface area (Å²) < 4.78 is 10.8. The molecule has 3 aromatic rings. The van der Waals surface area contributed by atoms with Crippen molar-refractivity contribution in [2.24, 2.45) is 0 Å². The first kappa shape index (κ1) is 15.1. The number of aromatic nitrogens is 2. The van der Waals surface area contributed by atoms with Crippen LogP contribution >= 0.6 is 0 Å². The Hall–Kier alpha value is -2.44. The molecule has 0 aliphatic carbocycles. The molecule has 4 rings (SSSR count). The molecule has 124 valence electrons. The number of furan rings is 1. The third-order valence-electron chi connectivity index (χ3n) is 4.17. The minimum atomic E-state index is 0.604. The molecule has 1 fully saturated rings. The molecule has 2 aromatic heterocycles. The maximum Gasteiger partial charge on any atom is 0.198 e. The quantitative estimate of drug-likeness (QED) is 0.778. The fourth-order valence-electron chi connectivity index (χ4n) is 2.88. The number of para-hydroxylation sites is 1. The lowest BCUT2D eigenvalue weighted by atomic mass is 10.2. The van der Waals surface area contributed by atoms with Crippen molar-refractivity contribution in [3.05, 3.63) is 42.7 Å². The number of anilines is 1. The van der Waals surface area contributed by atoms with Crippen molar-refractivity contribution in [1.29, 1.82) is 0 Å². The van der Waals surface area contributed by atoms with Crippen LogP contribution in [-0.4, -0.2) is 54.3 Å². The Balaban J connectivity index is 1.56. The maximum absolute atomic E-state index is 5.45. The highest BCUT2D eigenvalue weighted by Crippen LogP contribution is 2.24. The largest absolute Gasteiger partial charge is 0.461 e. The van der Waals surface area contributed by atoms with Crippen molar-refractivity contribution < 1.29 is 9.15 Å². The third kappa shape index (κ3) is 3.25. The van der Waals surface area contributed by atoms with Crippen molar-refractivity contribution in [2.45, 2.75) is 0 Å². The van der Waals surface area contributed by atoms with Crippen LogP contribution in [0.2, 0.25) is 0 Å². The van der Waals surface area contributed by atoms with Crippen LogP contribution < -0.4 is 5.32 Å². The van der Waals surface area contributed by atoms with Crippen LogP contribution in [-0.2, 0) is 4.74 Å². The summed E-state index contributed by atoms with van der Waals surface area (Å²) in [6.07, 6.45) is 1.64. The molecule has 0 saturated carbocycles. The highest BCUT2D eigenvalue weighted by Gasteiger charge is 2.12. The summed E-state index contributed by atoms with van der Waals surface area (Å²) in [4.78, 5) is 11.7. The zero-order chi connectivity index (χ0) is 16.2. The fourth-order valence-corrected chi connectivity index (χ4v) is 2.88. The van der Waals surface area contributed by atoms with Crippen LogP contribution in [0.1, 0.15) is 0 Å². The first-order valence-corrected chi connectivity index (χ1v) is 8.25. The standard InChI is InChI=1S/C18H20N4O2/c1-2-5-15-14(4-1)17(19-7-8-22-9-12-23-13-10-22)21-18(20-15)16-6-3-11-24-16/h1-6,11H,7-10,12-13H2,(H,19,20,21). The zero-order valence-corrected chi connectivity index (χ0v) is 13.4. The Bertz CT molecular complexity index is 798. The normalized spacial score (nSPS) is 15.7. The highest BCUT2D eigenvalue weighted by atomic mass is 16.5. The van der Waals surface area contributed by atoms with E-state index in [-0.39, 0.29) is 0 Å². The van der Waals surface area contributed by atoms with Gasteiger partial charge in [-0.2, -0.15) is 0 Å². The van der Waals surface area contributed by atoms with E-state index in [4.69, 9.17) is 9.15 Å². The topological polar surface area (TPSA) is 63.4 Å². The molecule has 0 radical (unpaired) electrons. The zero-order valence-electron chi connectivity index (χ0n) is 13.4. The molecule has 1 aromatic carbocycles. The van der Waals surface area contributed by atoms with Crippen molar-refractivity contribution >= 4 is 16.7 Å². The summed E-state index contributed by atoms with van der Waals surface area (Å²) in [7, 11) is 0. The minimum absolute atomic E-state index is 0.604. The number of morpholine rings is 1. The number of nitrogens with one attached hydrogen (secondary N) is 1. The van der Waals surface area contributed by atoms with Gasteiger partial charge in [0.25, 0.3) is 0 Å². The van der Waals surface area contributed by atoms with E-state index >= 15 is 0 Å². The molecule has 0 amide bonds. The molecular weight excluding hydrogens is 304 g/mol. The van der Waals surface area contributed by atoms with E-state index < -0.39 is 0 Å². The van der Waals surface area contributed by atoms with E-state index in [1.165, 1.54) is 0 Å². The average molecular weight is 324 g/mol. The smallest absolute Gasteiger partial charge is 0.198 e. The Labute approximate surface area is 140 Å². The van der Waals surface area contributed by atoms with Gasteiger partial charge in [-0.05, 0) is 24.3 Å². The highest BCUT2D eigenvalue weighted by molar-refractivity contribution is 5.90. The predicted molar refractivity (Wildman–Crippen MR) is 93.0 cm³/mol. The van der Waals surface area contributed by atoms with E-state index in [1.807, 2.05) is 36.4 Å². The Morgan fingerprint density at radius 2 is 1.92 bits per heavy atom. The molecule has 6 heteroatoms. The van der Waals surface area contributed by atoms with Crippen LogP contribution in [0.15, 0.2) is 47.1 Å². The van der Waals surface area contributed by atoms with Crippen LogP contribution in [0.5, 0.6) is 0 Å². The Kier molecular flexibility index (Phi) is 4.40. The number of ether oxygens (including phenoxy) is 1. The molecule has 0 spiro atoms. The fraction of sp³-hybridized carbons (Fsp3) is 0.333. The van der Waals surface area contributed by atoms with E-state index in [9.17, 15) is 0 Å². The van der Waals surface area contributed by atoms with Crippen LogP contribution in [0.3, 0.4) is 0 Å². The molecule has 6 nitrogen and oxygen atoms in total. The molecule has 1 N–H and O–H groups in total. The summed E-state index contributed by atoms with van der Waals surface area (Å²) >= 11 is 0. The van der Waals surface area contributed by atoms with Crippen LogP contribution in [0.25, 0.3) is 22.5 Å². The van der Waals surface area contributed by atoms with E-state index in [2.05, 4.69) is 20.2 Å². The molecule has 0 unspecified atom stereocenters. The van der Waals surface area contributed by atoms with Gasteiger partial charge in [0.1, 0.15) is 5.82 Å². The van der Waals surface area contributed by atoms with E-state index in [0.717, 1.165) is 56.1 Å². The van der Waals surface area contributed by atoms with Gasteiger partial charge >= 0.3 is 0 Å². The SMILES string of the molecule is c1coc(-c2nc(NCCN3CCOCC3)c3ccccc3n2)c1. The van der Waals surface area contributed by atoms with Crippen molar-refractivity contribution in [1.82, 2.24) is 14.9 Å². The van der Waals surface area contributed by atoms with E-state index in [1.54, 1.807) is 6.26 Å². The lowest BCUT2D eigenvalue weighted by Crippen LogP contribution is -2.39. The van der Waals surface area contributed by atoms with Gasteiger partial charge in [0.2, 0.25) is 0 Å². The van der Waals surface area contributed by atoms with Crippen LogP contribution in [0, 0.1) is 0 Å². The Morgan fingerprint density at radius 3 is 2.75 bits per heavy atom. The molecule has 1 aliphatic rings. The van der Waals surface area contributed by atoms with E-state index in [0.29, 0.717) is 11.6 Å². The van der Waals surface area contributed by atoms with Crippen molar-refractivity contribution in [3.8, 4) is 11.6 Å². The summed E-state index contributed by atoms with van der Waals surface area (Å²) in [5.41, 5.74) is 0.910. The molecule has 1 saturated heterocycles. The molecule has 3 heterocycles. The first-order chi connectivity index (χ1) is 11.9. The summed E-state index contributed by atoms with van der Waals surface area (Å²) in [5.74, 6) is 2.13. The van der Waals surface area contributed by atoms with Gasteiger partial charge in [-0.3, -0.25) is 4.90 Å². The molecule has 24 heavy (non-hydrogen) atoms. The second-order valence-electron chi connectivity index (χ2n) is 5.77. The third-order valence-corrected chi connectivity index (χ3v) is 4.17. The van der Waals surface area contributed by atoms with Gasteiger partial charge in [0, 0.05) is 31.6 Å². The predicted octanol–water partition coefficient (Wildman–Crippen LogP) is 2.63. The second kappa shape index (κ2) is 6.98. The average Bonchev–Trinajstić information content (AvgIpc) is 3.17. The summed E-state index contributed by atoms with van der Waals surface area (Å²) in [5, 5.41) is 4.48. The lowest BCUT2D eigenvalue weighted by molar-refractivity contribution is 0.0398. The number of hydrogen-bond donors (Lipinski definition) is 1. The molecule has 0 bridgehead atoms. The van der Waals surface area contributed by atoms with Crippen molar-refractivity contribution in [3.63, 3.8) is 0 Å². The van der Waals surface area contributed by atoms with Crippen LogP contribution in [0.4, 0.5) is 5.82 Å². The molecule has 0 atom stereocenters. The number of benzene rings is 1. The minimum Gasteiger partial charge on any atom is -0.461 e. The van der Waals surface area contributed by atoms with Gasteiger partial charge < -0.3 is 14.5 Å². The number of rotatable bonds is 5. The Morgan fingerprint density at radius 1 is 1.04 bits per heavy atom. The van der Waals surface area contributed by atoms with Gasteiger partial charge in [0.15, 0.2) is 11.6 Å². The number of fused-ring (bicyclic) bond motifs is 1. The molecular formula is C18H20N4O2. The lowest BCUT2D eigenvalue weighted by Gasteiger charge is -2.26. The van der Waals surface area contributed by atoms with Crippen molar-refractivity contribution in [2.75, 3.05) is 44.7 Å². The molecule has 1 aliphatic heterocycles. The monoisotopic (exact) mass is 324 g/mol. The van der Waals surface area contributed by atoms with Gasteiger partial charge in [-0.25, -0.2) is 9.97 Å². The van der Waals surface area contributed by atoms with Gasteiger partial charge in [-0.1, -0.05) is 12.1 Å². The summed E-state index contributed by atoms with van der Waals surface area (Å²) in [6.45, 7) is 5.42.